The molecule has 2 nitrogen and oxygen atoms in total. The van der Waals surface area contributed by atoms with E-state index in [9.17, 15) is 4.79 Å². The predicted octanol–water partition coefficient (Wildman–Crippen LogP) is 3.08. The van der Waals surface area contributed by atoms with Gasteiger partial charge in [0.2, 0.25) is 5.91 Å². The van der Waals surface area contributed by atoms with Crippen molar-refractivity contribution in [3.05, 3.63) is 11.8 Å². The third-order valence-electron chi connectivity index (χ3n) is 2.54. The van der Waals surface area contributed by atoms with Crippen LogP contribution in [0.1, 0.15) is 39.0 Å². The van der Waals surface area contributed by atoms with Crippen molar-refractivity contribution in [3.8, 4) is 0 Å². The van der Waals surface area contributed by atoms with Gasteiger partial charge in [-0.2, -0.15) is 0 Å². The molecule has 1 rings (SSSR count). The second-order valence-corrected chi connectivity index (χ2v) is 4.31. The van der Waals surface area contributed by atoms with Gasteiger partial charge in [0.05, 0.1) is 0 Å². The Morgan fingerprint density at radius 1 is 1.57 bits per heavy atom. The van der Waals surface area contributed by atoms with Crippen molar-refractivity contribution in [1.29, 1.82) is 0 Å². The maximum absolute atomic E-state index is 11.7. The zero-order valence-corrected chi connectivity index (χ0v) is 10.3. The fraction of sp³-hybridized carbons (Fsp3) is 0.727. The molecule has 0 aromatic rings. The van der Waals surface area contributed by atoms with Crippen molar-refractivity contribution in [2.24, 2.45) is 0 Å². The number of alkyl halides is 1. The van der Waals surface area contributed by atoms with Crippen molar-refractivity contribution in [2.75, 3.05) is 11.9 Å². The predicted molar refractivity (Wildman–Crippen MR) is 62.3 cm³/mol. The first-order valence-electron chi connectivity index (χ1n) is 5.35. The Kier molecular flexibility index (Phi) is 5.23. The van der Waals surface area contributed by atoms with Gasteiger partial charge in [0.1, 0.15) is 0 Å². The maximum atomic E-state index is 11.7. The van der Waals surface area contributed by atoms with Crippen molar-refractivity contribution >= 4 is 21.8 Å². The molecule has 0 aliphatic heterocycles. The summed E-state index contributed by atoms with van der Waals surface area (Å²) >= 11 is 3.30. The van der Waals surface area contributed by atoms with Crippen LogP contribution in [0.2, 0.25) is 0 Å². The second kappa shape index (κ2) is 6.23. The quantitative estimate of drug-likeness (QED) is 0.711. The lowest BCUT2D eigenvalue weighted by Gasteiger charge is -2.26. The molecule has 0 N–H and O–H groups in total. The van der Waals surface area contributed by atoms with Crippen LogP contribution >= 0.6 is 15.9 Å². The molecule has 0 spiro atoms. The van der Waals surface area contributed by atoms with Crippen molar-refractivity contribution in [3.63, 3.8) is 0 Å². The lowest BCUT2D eigenvalue weighted by Crippen LogP contribution is -2.30. The Labute approximate surface area is 94.5 Å². The number of hydrogen-bond donors (Lipinski definition) is 0. The average molecular weight is 260 g/mol. The molecule has 0 unspecified atom stereocenters. The van der Waals surface area contributed by atoms with Gasteiger partial charge in [-0.15, -0.1) is 0 Å². The number of amides is 1. The van der Waals surface area contributed by atoms with Gasteiger partial charge < -0.3 is 4.90 Å². The molecular weight excluding hydrogens is 242 g/mol. The summed E-state index contributed by atoms with van der Waals surface area (Å²) in [6.45, 7) is 2.85. The highest BCUT2D eigenvalue weighted by Gasteiger charge is 2.16. The molecule has 0 saturated carbocycles. The van der Waals surface area contributed by atoms with E-state index in [1.54, 1.807) is 0 Å². The van der Waals surface area contributed by atoms with Crippen LogP contribution < -0.4 is 0 Å². The summed E-state index contributed by atoms with van der Waals surface area (Å²) in [5.74, 6) is 0.248. The van der Waals surface area contributed by atoms with Gasteiger partial charge in [-0.3, -0.25) is 4.79 Å². The van der Waals surface area contributed by atoms with Crippen LogP contribution in [0, 0.1) is 0 Å². The molecule has 3 heteroatoms. The number of allylic oxidation sites excluding steroid dienone is 2. The Morgan fingerprint density at radius 3 is 2.86 bits per heavy atom. The van der Waals surface area contributed by atoms with Gasteiger partial charge in [0, 0.05) is 24.0 Å². The normalized spacial score (nSPS) is 16.3. The molecule has 0 bridgehead atoms. The van der Waals surface area contributed by atoms with E-state index in [0.29, 0.717) is 6.42 Å². The van der Waals surface area contributed by atoms with Gasteiger partial charge in [-0.25, -0.2) is 0 Å². The summed E-state index contributed by atoms with van der Waals surface area (Å²) in [6.07, 6.45) is 7.53. The fourth-order valence-electron chi connectivity index (χ4n) is 1.82. The molecule has 1 aliphatic carbocycles. The van der Waals surface area contributed by atoms with E-state index in [1.165, 1.54) is 18.5 Å². The van der Waals surface area contributed by atoms with Crippen LogP contribution in [-0.4, -0.2) is 22.7 Å². The molecule has 1 aliphatic rings. The average Bonchev–Trinajstić information content (AvgIpc) is 2.21. The minimum Gasteiger partial charge on any atom is -0.317 e. The van der Waals surface area contributed by atoms with Gasteiger partial charge in [0.15, 0.2) is 0 Å². The van der Waals surface area contributed by atoms with E-state index >= 15 is 0 Å². The highest BCUT2D eigenvalue weighted by Crippen LogP contribution is 2.21. The highest BCUT2D eigenvalue weighted by molar-refractivity contribution is 9.09. The lowest BCUT2D eigenvalue weighted by atomic mass is 10.0. The van der Waals surface area contributed by atoms with E-state index in [0.717, 1.165) is 24.7 Å². The van der Waals surface area contributed by atoms with Gasteiger partial charge in [0.25, 0.3) is 0 Å². The van der Waals surface area contributed by atoms with Crippen LogP contribution in [-0.2, 0) is 4.79 Å². The van der Waals surface area contributed by atoms with Crippen LogP contribution in [0.5, 0.6) is 0 Å². The third-order valence-corrected chi connectivity index (χ3v) is 2.94. The Morgan fingerprint density at radius 2 is 2.36 bits per heavy atom. The van der Waals surface area contributed by atoms with Gasteiger partial charge in [-0.1, -0.05) is 22.0 Å². The third kappa shape index (κ3) is 3.12. The first-order valence-corrected chi connectivity index (χ1v) is 6.47. The van der Waals surface area contributed by atoms with Crippen LogP contribution in [0.4, 0.5) is 0 Å². The monoisotopic (exact) mass is 259 g/mol. The smallest absolute Gasteiger partial charge is 0.227 e. The summed E-state index contributed by atoms with van der Waals surface area (Å²) in [6, 6.07) is 0. The Hall–Kier alpha value is -0.310. The van der Waals surface area contributed by atoms with E-state index in [2.05, 4.69) is 22.0 Å². The zero-order chi connectivity index (χ0) is 10.4. The molecule has 0 atom stereocenters. The summed E-state index contributed by atoms with van der Waals surface area (Å²) in [5.41, 5.74) is 1.24. The molecule has 0 aromatic heterocycles. The molecule has 0 saturated heterocycles. The van der Waals surface area contributed by atoms with Crippen molar-refractivity contribution < 1.29 is 4.79 Å². The standard InChI is InChI=1S/C11H18BrNO/c1-2-13(11(14)8-9-12)10-6-4-3-5-7-10/h6H,2-5,7-9H2,1H3. The maximum Gasteiger partial charge on any atom is 0.227 e. The van der Waals surface area contributed by atoms with Crippen molar-refractivity contribution in [1.82, 2.24) is 4.90 Å². The van der Waals surface area contributed by atoms with Gasteiger partial charge >= 0.3 is 0 Å². The zero-order valence-electron chi connectivity index (χ0n) is 8.76. The molecule has 80 valence electrons. The van der Waals surface area contributed by atoms with Crippen LogP contribution in [0.3, 0.4) is 0 Å². The highest BCUT2D eigenvalue weighted by atomic mass is 79.9. The molecule has 0 fully saturated rings. The Balaban J connectivity index is 2.60. The van der Waals surface area contributed by atoms with E-state index in [-0.39, 0.29) is 5.91 Å². The number of carbonyl (C=O) groups excluding carboxylic acids is 1. The van der Waals surface area contributed by atoms with E-state index < -0.39 is 0 Å². The van der Waals surface area contributed by atoms with Crippen molar-refractivity contribution in [2.45, 2.75) is 39.0 Å². The van der Waals surface area contributed by atoms with Gasteiger partial charge in [-0.05, 0) is 32.6 Å². The number of carbonyl (C=O) groups is 1. The lowest BCUT2D eigenvalue weighted by molar-refractivity contribution is -0.128. The van der Waals surface area contributed by atoms with E-state index in [1.807, 2.05) is 11.8 Å². The SMILES string of the molecule is CCN(C(=O)CCBr)C1=CCCCC1. The molecule has 0 aromatic carbocycles. The fourth-order valence-corrected chi connectivity index (χ4v) is 2.16. The summed E-state index contributed by atoms with van der Waals surface area (Å²) in [7, 11) is 0. The molecular formula is C11H18BrNO. The minimum absolute atomic E-state index is 0.248. The number of nitrogens with zero attached hydrogens (tertiary/aromatic N) is 1. The number of hydrogen-bond acceptors (Lipinski definition) is 1. The summed E-state index contributed by atoms with van der Waals surface area (Å²) in [4.78, 5) is 13.7. The molecule has 0 radical (unpaired) electrons. The number of rotatable bonds is 4. The summed E-state index contributed by atoms with van der Waals surface area (Å²) in [5, 5.41) is 0.760. The first kappa shape index (κ1) is 11.8. The largest absolute Gasteiger partial charge is 0.317 e. The van der Waals surface area contributed by atoms with E-state index in [4.69, 9.17) is 0 Å². The van der Waals surface area contributed by atoms with Crippen LogP contribution in [0.25, 0.3) is 0 Å². The molecule has 0 heterocycles. The minimum atomic E-state index is 0.248. The molecule has 1 amide bonds. The Bertz CT molecular complexity index is 225. The first-order chi connectivity index (χ1) is 6.79. The second-order valence-electron chi connectivity index (χ2n) is 3.52. The molecule has 14 heavy (non-hydrogen) atoms. The summed E-state index contributed by atoms with van der Waals surface area (Å²) < 4.78 is 0. The van der Waals surface area contributed by atoms with Crippen LogP contribution in [0.15, 0.2) is 11.8 Å². The topological polar surface area (TPSA) is 20.3 Å². The number of halogens is 1.